The van der Waals surface area contributed by atoms with Gasteiger partial charge in [-0.2, -0.15) is 0 Å². The molecular formula is C17H26N2O2S. The van der Waals surface area contributed by atoms with E-state index in [0.29, 0.717) is 5.92 Å². The number of ether oxygens (including phenoxy) is 1. The van der Waals surface area contributed by atoms with Gasteiger partial charge in [-0.15, -0.1) is 11.8 Å². The number of likely N-dealkylation sites (tertiary alicyclic amines) is 1. The molecule has 0 spiro atoms. The second-order valence-corrected chi connectivity index (χ2v) is 6.62. The summed E-state index contributed by atoms with van der Waals surface area (Å²) in [6.45, 7) is 4.17. The normalized spacial score (nSPS) is 16.6. The summed E-state index contributed by atoms with van der Waals surface area (Å²) in [6.07, 6.45) is 4.43. The third-order valence-corrected chi connectivity index (χ3v) is 5.00. The fourth-order valence-electron chi connectivity index (χ4n) is 2.86. The lowest BCUT2D eigenvalue weighted by Gasteiger charge is -2.32. The zero-order chi connectivity index (χ0) is 15.8. The molecule has 1 heterocycles. The van der Waals surface area contributed by atoms with Gasteiger partial charge in [-0.25, -0.2) is 0 Å². The van der Waals surface area contributed by atoms with Crippen molar-refractivity contribution in [3.05, 3.63) is 29.8 Å². The molecule has 0 unspecified atom stereocenters. The van der Waals surface area contributed by atoms with Crippen molar-refractivity contribution in [1.82, 2.24) is 10.2 Å². The fraction of sp³-hybridized carbons (Fsp3) is 0.588. The zero-order valence-corrected chi connectivity index (χ0v) is 14.3. The minimum absolute atomic E-state index is 0.0150. The van der Waals surface area contributed by atoms with Crippen LogP contribution < -0.4 is 5.32 Å². The number of nitrogens with one attached hydrogen (secondary N) is 1. The summed E-state index contributed by atoms with van der Waals surface area (Å²) in [7, 11) is 1.55. The molecule has 1 aliphatic heterocycles. The maximum absolute atomic E-state index is 11.4. The van der Waals surface area contributed by atoms with Crippen molar-refractivity contribution in [2.75, 3.05) is 39.6 Å². The lowest BCUT2D eigenvalue weighted by molar-refractivity contribution is -0.125. The summed E-state index contributed by atoms with van der Waals surface area (Å²) in [5.41, 5.74) is 1.42. The van der Waals surface area contributed by atoms with Crippen molar-refractivity contribution >= 4 is 17.7 Å². The standard InChI is InChI=1S/C17H26N2O2S/c1-21-13-17(20)18-11-14-7-9-19(10-8-14)12-15-5-3-4-6-16(15)22-2/h3-6,14H,7-13H2,1-2H3,(H,18,20). The Kier molecular flexibility index (Phi) is 7.22. The van der Waals surface area contributed by atoms with Crippen molar-refractivity contribution in [1.29, 1.82) is 0 Å². The summed E-state index contributed by atoms with van der Waals surface area (Å²) < 4.78 is 4.83. The lowest BCUT2D eigenvalue weighted by atomic mass is 9.96. The molecule has 0 bridgehead atoms. The number of thioether (sulfide) groups is 1. The number of carbonyl (C=O) groups excluding carboxylic acids is 1. The van der Waals surface area contributed by atoms with Crippen LogP contribution in [0.5, 0.6) is 0 Å². The molecule has 4 nitrogen and oxygen atoms in total. The van der Waals surface area contributed by atoms with E-state index in [4.69, 9.17) is 4.74 Å². The second kappa shape index (κ2) is 9.18. The van der Waals surface area contributed by atoms with E-state index in [-0.39, 0.29) is 12.5 Å². The summed E-state index contributed by atoms with van der Waals surface area (Å²) in [5, 5.41) is 2.95. The van der Waals surface area contributed by atoms with Crippen molar-refractivity contribution in [3.63, 3.8) is 0 Å². The third kappa shape index (κ3) is 5.30. The van der Waals surface area contributed by atoms with Gasteiger partial charge in [0, 0.05) is 25.1 Å². The average Bonchev–Trinajstić information content (AvgIpc) is 2.55. The van der Waals surface area contributed by atoms with Crippen LogP contribution in [-0.2, 0) is 16.1 Å². The topological polar surface area (TPSA) is 41.6 Å². The minimum Gasteiger partial charge on any atom is -0.375 e. The van der Waals surface area contributed by atoms with Gasteiger partial charge in [-0.1, -0.05) is 18.2 Å². The van der Waals surface area contributed by atoms with E-state index >= 15 is 0 Å². The Balaban J connectivity index is 1.74. The maximum Gasteiger partial charge on any atom is 0.245 e. The van der Waals surface area contributed by atoms with E-state index in [2.05, 4.69) is 40.7 Å². The van der Waals surface area contributed by atoms with Crippen LogP contribution in [0.3, 0.4) is 0 Å². The molecule has 1 amide bonds. The maximum atomic E-state index is 11.4. The highest BCUT2D eigenvalue weighted by atomic mass is 32.2. The molecule has 0 atom stereocenters. The van der Waals surface area contributed by atoms with Crippen molar-refractivity contribution in [3.8, 4) is 0 Å². The number of carbonyl (C=O) groups is 1. The van der Waals surface area contributed by atoms with Crippen LogP contribution in [0.2, 0.25) is 0 Å². The Morgan fingerprint density at radius 3 is 2.77 bits per heavy atom. The second-order valence-electron chi connectivity index (χ2n) is 5.77. The molecule has 5 heteroatoms. The summed E-state index contributed by atoms with van der Waals surface area (Å²) in [6, 6.07) is 8.64. The number of hydrogen-bond donors (Lipinski definition) is 1. The lowest BCUT2D eigenvalue weighted by Crippen LogP contribution is -2.39. The minimum atomic E-state index is -0.0150. The number of hydrogen-bond acceptors (Lipinski definition) is 4. The van der Waals surface area contributed by atoms with E-state index in [9.17, 15) is 4.79 Å². The van der Waals surface area contributed by atoms with Gasteiger partial charge in [0.2, 0.25) is 5.91 Å². The van der Waals surface area contributed by atoms with Gasteiger partial charge < -0.3 is 10.1 Å². The van der Waals surface area contributed by atoms with Gasteiger partial charge >= 0.3 is 0 Å². The largest absolute Gasteiger partial charge is 0.375 e. The molecule has 1 saturated heterocycles. The Labute approximate surface area is 137 Å². The zero-order valence-electron chi connectivity index (χ0n) is 13.5. The van der Waals surface area contributed by atoms with Gasteiger partial charge in [0.25, 0.3) is 0 Å². The Hall–Kier alpha value is -1.04. The van der Waals surface area contributed by atoms with Crippen LogP contribution in [0.15, 0.2) is 29.2 Å². The number of methoxy groups -OCH3 is 1. The summed E-state index contributed by atoms with van der Waals surface area (Å²) in [5.74, 6) is 0.576. The third-order valence-electron chi connectivity index (χ3n) is 4.16. The molecule has 1 fully saturated rings. The first-order chi connectivity index (χ1) is 10.7. The first-order valence-corrected chi connectivity index (χ1v) is 9.05. The SMILES string of the molecule is COCC(=O)NCC1CCN(Cc2ccccc2SC)CC1. The predicted molar refractivity (Wildman–Crippen MR) is 91.1 cm³/mol. The van der Waals surface area contributed by atoms with Crippen molar-refractivity contribution in [2.24, 2.45) is 5.92 Å². The molecule has 0 radical (unpaired) electrons. The average molecular weight is 322 g/mol. The first kappa shape index (κ1) is 17.3. The van der Waals surface area contributed by atoms with Gasteiger partial charge in [0.1, 0.15) is 6.61 Å². The molecule has 1 aliphatic rings. The number of benzene rings is 1. The highest BCUT2D eigenvalue weighted by molar-refractivity contribution is 7.98. The van der Waals surface area contributed by atoms with Gasteiger partial charge in [0.05, 0.1) is 0 Å². The fourth-order valence-corrected chi connectivity index (χ4v) is 3.47. The van der Waals surface area contributed by atoms with Crippen LogP contribution in [0.4, 0.5) is 0 Å². The van der Waals surface area contributed by atoms with Crippen LogP contribution in [0.1, 0.15) is 18.4 Å². The Morgan fingerprint density at radius 1 is 1.36 bits per heavy atom. The monoisotopic (exact) mass is 322 g/mol. The first-order valence-electron chi connectivity index (χ1n) is 7.82. The number of piperidine rings is 1. The Morgan fingerprint density at radius 2 is 2.09 bits per heavy atom. The van der Waals surface area contributed by atoms with Crippen molar-refractivity contribution in [2.45, 2.75) is 24.3 Å². The highest BCUT2D eigenvalue weighted by Crippen LogP contribution is 2.24. The Bertz CT molecular complexity index is 473. The predicted octanol–water partition coefficient (Wildman–Crippen LogP) is 2.38. The van der Waals surface area contributed by atoms with E-state index in [1.54, 1.807) is 7.11 Å². The van der Waals surface area contributed by atoms with Crippen LogP contribution in [0.25, 0.3) is 0 Å². The molecule has 22 heavy (non-hydrogen) atoms. The van der Waals surface area contributed by atoms with Gasteiger partial charge in [-0.05, 0) is 49.7 Å². The van der Waals surface area contributed by atoms with E-state index in [0.717, 1.165) is 39.0 Å². The van der Waals surface area contributed by atoms with E-state index in [1.165, 1.54) is 10.5 Å². The van der Waals surface area contributed by atoms with Crippen LogP contribution in [0, 0.1) is 5.92 Å². The molecule has 0 aromatic heterocycles. The molecule has 2 rings (SSSR count). The van der Waals surface area contributed by atoms with Crippen LogP contribution >= 0.6 is 11.8 Å². The van der Waals surface area contributed by atoms with E-state index < -0.39 is 0 Å². The van der Waals surface area contributed by atoms with Crippen LogP contribution in [-0.4, -0.2) is 50.4 Å². The van der Waals surface area contributed by atoms with Crippen molar-refractivity contribution < 1.29 is 9.53 Å². The molecule has 0 saturated carbocycles. The molecule has 1 aromatic rings. The van der Waals surface area contributed by atoms with E-state index in [1.807, 2.05) is 11.8 Å². The number of rotatable bonds is 7. The van der Waals surface area contributed by atoms with Gasteiger partial charge in [-0.3, -0.25) is 9.69 Å². The summed E-state index contributed by atoms with van der Waals surface area (Å²) >= 11 is 1.81. The summed E-state index contributed by atoms with van der Waals surface area (Å²) in [4.78, 5) is 15.3. The molecule has 1 N–H and O–H groups in total. The highest BCUT2D eigenvalue weighted by Gasteiger charge is 2.20. The molecular weight excluding hydrogens is 296 g/mol. The quantitative estimate of drug-likeness (QED) is 0.783. The number of amides is 1. The molecule has 0 aliphatic carbocycles. The number of nitrogens with zero attached hydrogens (tertiary/aromatic N) is 1. The molecule has 1 aromatic carbocycles. The molecule has 122 valence electrons. The van der Waals surface area contributed by atoms with Gasteiger partial charge in [0.15, 0.2) is 0 Å². The smallest absolute Gasteiger partial charge is 0.245 e.